The third-order valence-electron chi connectivity index (χ3n) is 1.82. The normalized spacial score (nSPS) is 9.29. The van der Waals surface area contributed by atoms with E-state index in [1.807, 2.05) is 0 Å². The van der Waals surface area contributed by atoms with Crippen LogP contribution in [0, 0.1) is 24.1 Å². The van der Waals surface area contributed by atoms with E-state index in [2.05, 4.69) is 4.74 Å². The van der Waals surface area contributed by atoms with E-state index in [1.54, 1.807) is 13.0 Å². The number of hydrogen-bond donors (Lipinski definition) is 0. The summed E-state index contributed by atoms with van der Waals surface area (Å²) in [6, 6.07) is 4.14. The van der Waals surface area contributed by atoms with E-state index >= 15 is 0 Å². The average molecular weight is 193 g/mol. The van der Waals surface area contributed by atoms with Crippen LogP contribution in [0.4, 0.5) is 4.39 Å². The standard InChI is InChI=1S/C10H8FNO2/c1-6-3-7(10(13)14-2)4-9(11)8(6)5-12/h3-4H,1-2H3. The van der Waals surface area contributed by atoms with Gasteiger partial charge in [0.1, 0.15) is 11.9 Å². The van der Waals surface area contributed by atoms with Gasteiger partial charge in [-0.3, -0.25) is 0 Å². The van der Waals surface area contributed by atoms with Crippen LogP contribution in [-0.4, -0.2) is 13.1 Å². The van der Waals surface area contributed by atoms with Crippen LogP contribution >= 0.6 is 0 Å². The summed E-state index contributed by atoms with van der Waals surface area (Å²) in [5, 5.41) is 8.58. The third kappa shape index (κ3) is 1.72. The maximum absolute atomic E-state index is 13.2. The fraction of sp³-hybridized carbons (Fsp3) is 0.200. The van der Waals surface area contributed by atoms with Crippen LogP contribution < -0.4 is 0 Å². The van der Waals surface area contributed by atoms with Crippen LogP contribution in [0.2, 0.25) is 0 Å². The molecule has 0 spiro atoms. The smallest absolute Gasteiger partial charge is 0.337 e. The van der Waals surface area contributed by atoms with Crippen molar-refractivity contribution in [2.45, 2.75) is 6.92 Å². The van der Waals surface area contributed by atoms with Gasteiger partial charge in [-0.2, -0.15) is 5.26 Å². The number of hydrogen-bond acceptors (Lipinski definition) is 3. The maximum atomic E-state index is 13.2. The quantitative estimate of drug-likeness (QED) is 0.639. The van der Waals surface area contributed by atoms with Gasteiger partial charge < -0.3 is 4.74 Å². The van der Waals surface area contributed by atoms with Crippen molar-refractivity contribution >= 4 is 5.97 Å². The van der Waals surface area contributed by atoms with Crippen LogP contribution in [0.1, 0.15) is 21.5 Å². The Morgan fingerprint density at radius 3 is 2.64 bits per heavy atom. The van der Waals surface area contributed by atoms with Crippen molar-refractivity contribution < 1.29 is 13.9 Å². The highest BCUT2D eigenvalue weighted by atomic mass is 19.1. The van der Waals surface area contributed by atoms with Crippen LogP contribution in [0.15, 0.2) is 12.1 Å². The van der Waals surface area contributed by atoms with Gasteiger partial charge in [-0.25, -0.2) is 9.18 Å². The minimum atomic E-state index is -0.701. The van der Waals surface area contributed by atoms with E-state index in [9.17, 15) is 9.18 Å². The lowest BCUT2D eigenvalue weighted by molar-refractivity contribution is 0.0600. The number of ether oxygens (including phenoxy) is 1. The minimum Gasteiger partial charge on any atom is -0.465 e. The number of rotatable bonds is 1. The molecule has 0 saturated carbocycles. The molecule has 1 aromatic carbocycles. The Labute approximate surface area is 80.7 Å². The maximum Gasteiger partial charge on any atom is 0.337 e. The van der Waals surface area contributed by atoms with Gasteiger partial charge in [0.15, 0.2) is 0 Å². The van der Waals surface area contributed by atoms with Crippen molar-refractivity contribution in [3.8, 4) is 6.07 Å². The van der Waals surface area contributed by atoms with Crippen LogP contribution in [0.3, 0.4) is 0 Å². The molecule has 0 aliphatic rings. The Kier molecular flexibility index (Phi) is 2.82. The molecule has 0 fully saturated rings. The second-order valence-corrected chi connectivity index (χ2v) is 2.75. The molecule has 72 valence electrons. The van der Waals surface area contributed by atoms with Gasteiger partial charge in [0.2, 0.25) is 0 Å². The molecule has 0 heterocycles. The Hall–Kier alpha value is -1.89. The number of methoxy groups -OCH3 is 1. The van der Waals surface area contributed by atoms with Crippen molar-refractivity contribution in [1.29, 1.82) is 5.26 Å². The average Bonchev–Trinajstić information content (AvgIpc) is 2.16. The Morgan fingerprint density at radius 2 is 2.21 bits per heavy atom. The van der Waals surface area contributed by atoms with Crippen LogP contribution in [0.25, 0.3) is 0 Å². The first-order chi connectivity index (χ1) is 6.60. The zero-order chi connectivity index (χ0) is 10.7. The molecule has 0 atom stereocenters. The molecular weight excluding hydrogens is 185 g/mol. The van der Waals surface area contributed by atoms with Crippen molar-refractivity contribution in [3.05, 3.63) is 34.6 Å². The molecular formula is C10H8FNO2. The first-order valence-corrected chi connectivity index (χ1v) is 3.88. The van der Waals surface area contributed by atoms with Gasteiger partial charge in [0, 0.05) is 0 Å². The lowest BCUT2D eigenvalue weighted by Gasteiger charge is -2.03. The molecule has 0 aliphatic heterocycles. The largest absolute Gasteiger partial charge is 0.465 e. The SMILES string of the molecule is COC(=O)c1cc(C)c(C#N)c(F)c1. The molecule has 0 bridgehead atoms. The number of nitriles is 1. The molecule has 0 unspecified atom stereocenters. The number of benzene rings is 1. The zero-order valence-electron chi connectivity index (χ0n) is 7.80. The molecule has 0 N–H and O–H groups in total. The van der Waals surface area contributed by atoms with E-state index < -0.39 is 11.8 Å². The number of esters is 1. The van der Waals surface area contributed by atoms with Gasteiger partial charge in [-0.1, -0.05) is 0 Å². The summed E-state index contributed by atoms with van der Waals surface area (Å²) >= 11 is 0. The highest BCUT2D eigenvalue weighted by Crippen LogP contribution is 2.15. The molecule has 0 aromatic heterocycles. The first-order valence-electron chi connectivity index (χ1n) is 3.88. The van der Waals surface area contributed by atoms with E-state index in [4.69, 9.17) is 5.26 Å². The highest BCUT2D eigenvalue weighted by Gasteiger charge is 2.12. The molecule has 0 aliphatic carbocycles. The molecule has 0 saturated heterocycles. The van der Waals surface area contributed by atoms with Gasteiger partial charge in [-0.15, -0.1) is 0 Å². The summed E-state index contributed by atoms with van der Waals surface area (Å²) < 4.78 is 17.6. The Balaban J connectivity index is 3.29. The van der Waals surface area contributed by atoms with E-state index in [0.29, 0.717) is 5.56 Å². The predicted molar refractivity (Wildman–Crippen MR) is 47.2 cm³/mol. The molecule has 14 heavy (non-hydrogen) atoms. The second-order valence-electron chi connectivity index (χ2n) is 2.75. The van der Waals surface area contributed by atoms with E-state index in [-0.39, 0.29) is 11.1 Å². The molecule has 0 amide bonds. The molecule has 1 rings (SSSR count). The highest BCUT2D eigenvalue weighted by molar-refractivity contribution is 5.89. The summed E-state index contributed by atoms with van der Waals surface area (Å²) in [6.45, 7) is 1.56. The number of aryl methyl sites for hydroxylation is 1. The lowest BCUT2D eigenvalue weighted by Crippen LogP contribution is -2.03. The van der Waals surface area contributed by atoms with Crippen molar-refractivity contribution in [1.82, 2.24) is 0 Å². The van der Waals surface area contributed by atoms with Crippen molar-refractivity contribution in [2.75, 3.05) is 7.11 Å². The summed E-state index contributed by atoms with van der Waals surface area (Å²) in [5.74, 6) is -1.32. The Morgan fingerprint density at radius 1 is 1.57 bits per heavy atom. The van der Waals surface area contributed by atoms with Crippen LogP contribution in [0.5, 0.6) is 0 Å². The molecule has 4 heteroatoms. The zero-order valence-corrected chi connectivity index (χ0v) is 7.80. The van der Waals surface area contributed by atoms with Crippen molar-refractivity contribution in [3.63, 3.8) is 0 Å². The molecule has 3 nitrogen and oxygen atoms in total. The third-order valence-corrected chi connectivity index (χ3v) is 1.82. The first kappa shape index (κ1) is 10.2. The van der Waals surface area contributed by atoms with Gasteiger partial charge >= 0.3 is 5.97 Å². The van der Waals surface area contributed by atoms with Gasteiger partial charge in [-0.05, 0) is 24.6 Å². The fourth-order valence-corrected chi connectivity index (χ4v) is 1.12. The number of carbonyl (C=O) groups is 1. The summed E-state index contributed by atoms with van der Waals surface area (Å²) in [7, 11) is 1.22. The van der Waals surface area contributed by atoms with Gasteiger partial charge in [0.05, 0.1) is 18.2 Å². The molecule has 0 radical (unpaired) electrons. The molecule has 1 aromatic rings. The van der Waals surface area contributed by atoms with E-state index in [0.717, 1.165) is 6.07 Å². The summed E-state index contributed by atoms with van der Waals surface area (Å²) in [5.41, 5.74) is 0.493. The summed E-state index contributed by atoms with van der Waals surface area (Å²) in [4.78, 5) is 11.0. The number of halogens is 1. The summed E-state index contributed by atoms with van der Waals surface area (Å²) in [6.07, 6.45) is 0. The topological polar surface area (TPSA) is 50.1 Å². The van der Waals surface area contributed by atoms with Crippen LogP contribution in [-0.2, 0) is 4.74 Å². The number of carbonyl (C=O) groups excluding carboxylic acids is 1. The minimum absolute atomic E-state index is 0.0438. The number of nitrogens with zero attached hydrogens (tertiary/aromatic N) is 1. The fourth-order valence-electron chi connectivity index (χ4n) is 1.12. The van der Waals surface area contributed by atoms with E-state index in [1.165, 1.54) is 13.2 Å². The predicted octanol–water partition coefficient (Wildman–Crippen LogP) is 1.79. The Bertz CT molecular complexity index is 398. The monoisotopic (exact) mass is 193 g/mol. The second kappa shape index (κ2) is 3.88. The van der Waals surface area contributed by atoms with Crippen molar-refractivity contribution in [2.24, 2.45) is 0 Å². The lowest BCUT2D eigenvalue weighted by atomic mass is 10.1. The van der Waals surface area contributed by atoms with Gasteiger partial charge in [0.25, 0.3) is 0 Å².